The highest BCUT2D eigenvalue weighted by molar-refractivity contribution is 8.03. The summed E-state index contributed by atoms with van der Waals surface area (Å²) in [6.45, 7) is 10.7. The summed E-state index contributed by atoms with van der Waals surface area (Å²) in [4.78, 5) is 27.0. The number of hydrogen-bond acceptors (Lipinski definition) is 6. The minimum atomic E-state index is -1.03. The Morgan fingerprint density at radius 1 is 1.46 bits per heavy atom. The van der Waals surface area contributed by atoms with Crippen LogP contribution >= 0.6 is 11.8 Å². The van der Waals surface area contributed by atoms with E-state index < -0.39 is 24.0 Å². The first-order chi connectivity index (χ1) is 11.4. The van der Waals surface area contributed by atoms with E-state index in [4.69, 9.17) is 0 Å². The zero-order valence-corrected chi connectivity index (χ0v) is 15.2. The van der Waals surface area contributed by atoms with Gasteiger partial charge in [-0.25, -0.2) is 4.79 Å². The molecule has 7 nitrogen and oxygen atoms in total. The number of nitrogens with one attached hydrogen (secondary N) is 1. The highest BCUT2D eigenvalue weighted by Gasteiger charge is 2.22. The lowest BCUT2D eigenvalue weighted by Crippen LogP contribution is -2.38. The molecule has 0 bridgehead atoms. The molecule has 0 heterocycles. The smallest absolute Gasteiger partial charge is 0.409 e. The van der Waals surface area contributed by atoms with Gasteiger partial charge in [-0.15, -0.1) is 21.9 Å². The molecule has 0 aromatic carbocycles. The number of alkyl carbamates (subject to hydrolysis) is 1. The summed E-state index contributed by atoms with van der Waals surface area (Å²) in [5, 5.41) is 11.8. The van der Waals surface area contributed by atoms with Crippen LogP contribution in [0.2, 0.25) is 0 Å². The number of ether oxygens (including phenoxy) is 1. The number of rotatable bonds is 10. The van der Waals surface area contributed by atoms with Crippen molar-refractivity contribution in [2.24, 2.45) is 0 Å². The molecule has 0 aliphatic rings. The Bertz CT molecular complexity index is 537. The fraction of sp³-hybridized carbons (Fsp3) is 0.438. The number of nitrogens with zero attached hydrogens (tertiary/aromatic N) is 1. The number of amides is 1. The molecule has 0 fully saturated rings. The number of allylic oxidation sites excluding steroid dienone is 4. The third kappa shape index (κ3) is 8.42. The van der Waals surface area contributed by atoms with Crippen molar-refractivity contribution in [1.82, 2.24) is 5.32 Å². The molecule has 1 unspecified atom stereocenters. The van der Waals surface area contributed by atoms with Crippen molar-refractivity contribution in [3.63, 3.8) is 0 Å². The minimum absolute atomic E-state index is 0.447. The van der Waals surface area contributed by atoms with Crippen molar-refractivity contribution in [1.29, 1.82) is 0 Å². The topological polar surface area (TPSA) is 90.7 Å². The van der Waals surface area contributed by atoms with Gasteiger partial charge >= 0.3 is 6.09 Å². The highest BCUT2D eigenvalue weighted by atomic mass is 32.2. The molecule has 0 rings (SSSR count). The van der Waals surface area contributed by atoms with Crippen LogP contribution in [0.15, 0.2) is 46.9 Å². The van der Waals surface area contributed by atoms with Gasteiger partial charge in [-0.1, -0.05) is 43.4 Å². The van der Waals surface area contributed by atoms with Gasteiger partial charge in [0.1, 0.15) is 0 Å². The lowest BCUT2D eigenvalue weighted by molar-refractivity contribution is -0.765. The standard InChI is InChI=1S/C16H24N2O5S/c1-6-9-13(10-7-2)14(15(12(4)5)24-8-3)17-16(19)22-11-23-18(20)21/h6-7,9-10,14H,1,8,11H2,2-5H3,(H,17,19)/b10-7-,13-9+. The Morgan fingerprint density at radius 2 is 2.12 bits per heavy atom. The number of carbonyl (C=O) groups is 1. The first-order valence-electron chi connectivity index (χ1n) is 7.33. The summed E-state index contributed by atoms with van der Waals surface area (Å²) in [6, 6.07) is -0.447. The summed E-state index contributed by atoms with van der Waals surface area (Å²) in [7, 11) is 0. The summed E-state index contributed by atoms with van der Waals surface area (Å²) in [6.07, 6.45) is 6.32. The molecule has 1 N–H and O–H groups in total. The molecular weight excluding hydrogens is 332 g/mol. The molecule has 0 spiro atoms. The average Bonchev–Trinajstić information content (AvgIpc) is 2.50. The Balaban J connectivity index is 5.43. The van der Waals surface area contributed by atoms with Gasteiger partial charge in [-0.3, -0.25) is 4.84 Å². The van der Waals surface area contributed by atoms with Crippen LogP contribution in [-0.4, -0.2) is 29.8 Å². The van der Waals surface area contributed by atoms with E-state index >= 15 is 0 Å². The normalized spacial score (nSPS) is 12.4. The van der Waals surface area contributed by atoms with Gasteiger partial charge in [0.2, 0.25) is 6.79 Å². The molecule has 0 aromatic heterocycles. The molecular formula is C16H24N2O5S. The maximum atomic E-state index is 11.9. The monoisotopic (exact) mass is 356 g/mol. The summed E-state index contributed by atoms with van der Waals surface area (Å²) >= 11 is 1.60. The van der Waals surface area contributed by atoms with Crippen molar-refractivity contribution in [3.05, 3.63) is 57.0 Å². The summed E-state index contributed by atoms with van der Waals surface area (Å²) < 4.78 is 4.67. The lowest BCUT2D eigenvalue weighted by atomic mass is 10.0. The SMILES string of the molecule is C=C/C=C(\C=C/C)C(NC(=O)OCO[N+](=O)[O-])C(SCC)=C(C)C. The average molecular weight is 356 g/mol. The molecule has 0 aromatic rings. The lowest BCUT2D eigenvalue weighted by Gasteiger charge is -2.23. The van der Waals surface area contributed by atoms with Crippen LogP contribution in [0.25, 0.3) is 0 Å². The van der Waals surface area contributed by atoms with Crippen LogP contribution in [0, 0.1) is 10.1 Å². The molecule has 0 aliphatic carbocycles. The van der Waals surface area contributed by atoms with E-state index in [0.717, 1.165) is 21.8 Å². The first kappa shape index (κ1) is 21.8. The summed E-state index contributed by atoms with van der Waals surface area (Å²) in [5.74, 6) is 0.829. The van der Waals surface area contributed by atoms with Crippen molar-refractivity contribution in [3.8, 4) is 0 Å². The molecule has 0 aliphatic heterocycles. The van der Waals surface area contributed by atoms with E-state index in [1.807, 2.05) is 39.8 Å². The zero-order chi connectivity index (χ0) is 18.5. The van der Waals surface area contributed by atoms with Crippen molar-refractivity contribution in [2.75, 3.05) is 12.5 Å². The largest absolute Gasteiger partial charge is 0.422 e. The minimum Gasteiger partial charge on any atom is -0.422 e. The number of hydrogen-bond donors (Lipinski definition) is 1. The van der Waals surface area contributed by atoms with Crippen molar-refractivity contribution in [2.45, 2.75) is 33.7 Å². The zero-order valence-electron chi connectivity index (χ0n) is 14.4. The molecule has 8 heteroatoms. The number of thioether (sulfide) groups is 1. The molecule has 1 amide bonds. The second-order valence-corrected chi connectivity index (χ2v) is 5.99. The summed E-state index contributed by atoms with van der Waals surface area (Å²) in [5.41, 5.74) is 1.87. The maximum Gasteiger partial charge on any atom is 0.409 e. The van der Waals surface area contributed by atoms with Gasteiger partial charge < -0.3 is 10.1 Å². The Hall–Kier alpha value is -2.22. The van der Waals surface area contributed by atoms with E-state index in [-0.39, 0.29) is 0 Å². The van der Waals surface area contributed by atoms with Crippen LogP contribution < -0.4 is 5.32 Å². The van der Waals surface area contributed by atoms with Crippen LogP contribution in [0.5, 0.6) is 0 Å². The molecule has 1 atom stereocenters. The predicted octanol–water partition coefficient (Wildman–Crippen LogP) is 3.98. The second-order valence-electron chi connectivity index (χ2n) is 4.68. The third-order valence-electron chi connectivity index (χ3n) is 2.67. The van der Waals surface area contributed by atoms with Crippen LogP contribution in [-0.2, 0) is 9.57 Å². The Morgan fingerprint density at radius 3 is 2.58 bits per heavy atom. The fourth-order valence-electron chi connectivity index (χ4n) is 1.83. The van der Waals surface area contributed by atoms with Crippen LogP contribution in [0.4, 0.5) is 4.79 Å². The molecule has 0 saturated heterocycles. The molecule has 134 valence electrons. The molecule has 24 heavy (non-hydrogen) atoms. The second kappa shape index (κ2) is 12.2. The number of carbonyl (C=O) groups excluding carboxylic acids is 1. The van der Waals surface area contributed by atoms with Gasteiger partial charge in [-0.2, -0.15) is 0 Å². The maximum absolute atomic E-state index is 11.9. The molecule has 0 radical (unpaired) electrons. The van der Waals surface area contributed by atoms with Crippen molar-refractivity contribution < 1.29 is 19.5 Å². The predicted molar refractivity (Wildman–Crippen MR) is 96.0 cm³/mol. The van der Waals surface area contributed by atoms with Gasteiger partial charge in [0.25, 0.3) is 5.09 Å². The molecule has 0 saturated carbocycles. The third-order valence-corrected chi connectivity index (χ3v) is 3.91. The van der Waals surface area contributed by atoms with E-state index in [0.29, 0.717) is 0 Å². The van der Waals surface area contributed by atoms with Gasteiger partial charge in [0.05, 0.1) is 6.04 Å². The van der Waals surface area contributed by atoms with Gasteiger partial charge in [-0.05, 0) is 32.1 Å². The van der Waals surface area contributed by atoms with E-state index in [9.17, 15) is 14.9 Å². The quantitative estimate of drug-likeness (QED) is 0.275. The van der Waals surface area contributed by atoms with E-state index in [2.05, 4.69) is 21.5 Å². The van der Waals surface area contributed by atoms with Crippen molar-refractivity contribution >= 4 is 17.9 Å². The van der Waals surface area contributed by atoms with E-state index in [1.54, 1.807) is 23.9 Å². The fourth-order valence-corrected chi connectivity index (χ4v) is 2.79. The van der Waals surface area contributed by atoms with Gasteiger partial charge in [0, 0.05) is 4.91 Å². The Kier molecular flexibility index (Phi) is 11.1. The van der Waals surface area contributed by atoms with Crippen LogP contribution in [0.3, 0.4) is 0 Å². The first-order valence-corrected chi connectivity index (χ1v) is 8.31. The van der Waals surface area contributed by atoms with Crippen LogP contribution in [0.1, 0.15) is 27.7 Å². The Labute approximate surface area is 146 Å². The van der Waals surface area contributed by atoms with Gasteiger partial charge in [0.15, 0.2) is 0 Å². The highest BCUT2D eigenvalue weighted by Crippen LogP contribution is 2.28. The van der Waals surface area contributed by atoms with E-state index in [1.165, 1.54) is 0 Å².